The monoisotopic (exact) mass is 288 g/mol. The van der Waals surface area contributed by atoms with Crippen LogP contribution in [0.3, 0.4) is 0 Å². The second-order valence-corrected chi connectivity index (χ2v) is 5.28. The molecule has 0 radical (unpaired) electrons. The molecule has 0 saturated carbocycles. The summed E-state index contributed by atoms with van der Waals surface area (Å²) in [7, 11) is 1.58. The van der Waals surface area contributed by atoms with E-state index in [4.69, 9.17) is 4.74 Å². The molecule has 0 spiro atoms. The molecule has 106 valence electrons. The molecule has 3 nitrogen and oxygen atoms in total. The maximum atomic E-state index is 12.9. The Labute approximate surface area is 127 Å². The van der Waals surface area contributed by atoms with Crippen molar-refractivity contribution in [3.63, 3.8) is 0 Å². The molecule has 0 amide bonds. The van der Waals surface area contributed by atoms with E-state index >= 15 is 0 Å². The molecule has 0 heterocycles. The number of benzene rings is 3. The average molecular weight is 288 g/mol. The van der Waals surface area contributed by atoms with Gasteiger partial charge >= 0.3 is 0 Å². The van der Waals surface area contributed by atoms with Crippen molar-refractivity contribution in [2.45, 2.75) is 0 Å². The molecule has 3 aromatic carbocycles. The van der Waals surface area contributed by atoms with E-state index < -0.39 is 0 Å². The summed E-state index contributed by atoms with van der Waals surface area (Å²) in [5.74, 6) is 0.457. The number of methoxy groups -OCH3 is 1. The Morgan fingerprint density at radius 1 is 0.773 bits per heavy atom. The Bertz CT molecular complexity index is 954. The molecule has 1 aliphatic rings. The molecule has 4 rings (SSSR count). The van der Waals surface area contributed by atoms with Crippen LogP contribution in [0.15, 0.2) is 54.6 Å². The summed E-state index contributed by atoms with van der Waals surface area (Å²) in [5.41, 5.74) is 1.88. The fraction of sp³-hybridized carbons (Fsp3) is 0.0526. The lowest BCUT2D eigenvalue weighted by atomic mass is 9.81. The van der Waals surface area contributed by atoms with Crippen molar-refractivity contribution in [2.75, 3.05) is 7.11 Å². The average Bonchev–Trinajstić information content (AvgIpc) is 2.58. The molecule has 0 bridgehead atoms. The number of ether oxygens (including phenoxy) is 1. The highest BCUT2D eigenvalue weighted by Gasteiger charge is 2.30. The summed E-state index contributed by atoms with van der Waals surface area (Å²) in [6.45, 7) is 0. The van der Waals surface area contributed by atoms with Crippen molar-refractivity contribution in [2.24, 2.45) is 0 Å². The minimum absolute atomic E-state index is 0.102. The van der Waals surface area contributed by atoms with Gasteiger partial charge in [-0.05, 0) is 29.0 Å². The number of ketones is 2. The normalized spacial score (nSPS) is 13.0. The first kappa shape index (κ1) is 12.8. The molecule has 3 heteroatoms. The fourth-order valence-electron chi connectivity index (χ4n) is 3.02. The van der Waals surface area contributed by atoms with Crippen LogP contribution in [-0.4, -0.2) is 18.7 Å². The molecule has 0 unspecified atom stereocenters. The van der Waals surface area contributed by atoms with Gasteiger partial charge in [-0.2, -0.15) is 0 Å². The molecule has 0 saturated heterocycles. The predicted octanol–water partition coefficient (Wildman–Crippen LogP) is 3.62. The van der Waals surface area contributed by atoms with E-state index in [2.05, 4.69) is 0 Å². The molecule has 1 aliphatic carbocycles. The van der Waals surface area contributed by atoms with Gasteiger partial charge in [-0.25, -0.2) is 0 Å². The number of fused-ring (bicyclic) bond motifs is 4. The first-order valence-electron chi connectivity index (χ1n) is 7.00. The lowest BCUT2D eigenvalue weighted by Gasteiger charge is -2.19. The van der Waals surface area contributed by atoms with Crippen LogP contribution in [0.2, 0.25) is 0 Å². The molecule has 0 fully saturated rings. The Balaban J connectivity index is 2.09. The van der Waals surface area contributed by atoms with E-state index in [-0.39, 0.29) is 11.6 Å². The Morgan fingerprint density at radius 2 is 1.45 bits per heavy atom. The number of hydrogen-bond acceptors (Lipinski definition) is 3. The Hall–Kier alpha value is -2.94. The molecule has 3 aromatic rings. The van der Waals surface area contributed by atoms with Crippen LogP contribution in [0.4, 0.5) is 0 Å². The summed E-state index contributed by atoms with van der Waals surface area (Å²) in [4.78, 5) is 25.5. The highest BCUT2D eigenvalue weighted by Crippen LogP contribution is 2.33. The van der Waals surface area contributed by atoms with Crippen LogP contribution in [0.1, 0.15) is 31.8 Å². The van der Waals surface area contributed by atoms with E-state index in [1.807, 2.05) is 24.3 Å². The minimum Gasteiger partial charge on any atom is -0.497 e. The number of hydrogen-bond donors (Lipinski definition) is 0. The number of rotatable bonds is 1. The summed E-state index contributed by atoms with van der Waals surface area (Å²) < 4.78 is 5.25. The molecule has 0 N–H and O–H groups in total. The molecular weight excluding hydrogens is 276 g/mol. The highest BCUT2D eigenvalue weighted by molar-refractivity contribution is 6.32. The van der Waals surface area contributed by atoms with Crippen molar-refractivity contribution in [1.29, 1.82) is 0 Å². The smallest absolute Gasteiger partial charge is 0.195 e. The van der Waals surface area contributed by atoms with Gasteiger partial charge in [0.2, 0.25) is 0 Å². The third kappa shape index (κ3) is 1.62. The first-order valence-corrected chi connectivity index (χ1v) is 7.00. The van der Waals surface area contributed by atoms with Crippen molar-refractivity contribution < 1.29 is 14.3 Å². The topological polar surface area (TPSA) is 43.4 Å². The van der Waals surface area contributed by atoms with Gasteiger partial charge in [0.1, 0.15) is 5.75 Å². The minimum atomic E-state index is -0.107. The Kier molecular flexibility index (Phi) is 2.63. The lowest BCUT2D eigenvalue weighted by Crippen LogP contribution is -2.21. The van der Waals surface area contributed by atoms with Gasteiger partial charge in [0.15, 0.2) is 11.6 Å². The predicted molar refractivity (Wildman–Crippen MR) is 83.8 cm³/mol. The Morgan fingerprint density at radius 3 is 2.18 bits per heavy atom. The summed E-state index contributed by atoms with van der Waals surface area (Å²) in [6.07, 6.45) is 0. The molecule has 0 aromatic heterocycles. The van der Waals surface area contributed by atoms with Crippen molar-refractivity contribution in [1.82, 2.24) is 0 Å². The maximum Gasteiger partial charge on any atom is 0.195 e. The van der Waals surface area contributed by atoms with Crippen LogP contribution < -0.4 is 4.74 Å². The van der Waals surface area contributed by atoms with Gasteiger partial charge in [-0.3, -0.25) is 9.59 Å². The van der Waals surface area contributed by atoms with Gasteiger partial charge in [0.05, 0.1) is 7.11 Å². The van der Waals surface area contributed by atoms with Crippen LogP contribution >= 0.6 is 0 Å². The zero-order chi connectivity index (χ0) is 15.3. The third-order valence-corrected chi connectivity index (χ3v) is 4.12. The van der Waals surface area contributed by atoms with E-state index in [1.165, 1.54) is 0 Å². The summed E-state index contributed by atoms with van der Waals surface area (Å²) in [6, 6.07) is 16.1. The quantitative estimate of drug-likeness (QED) is 0.537. The fourth-order valence-corrected chi connectivity index (χ4v) is 3.02. The van der Waals surface area contributed by atoms with Crippen LogP contribution in [0.25, 0.3) is 10.8 Å². The zero-order valence-electron chi connectivity index (χ0n) is 11.9. The first-order chi connectivity index (χ1) is 10.7. The SMILES string of the molecule is COc1ccc2ccc3c(c2c1)C(=O)c1ccccc1C3=O. The molecule has 22 heavy (non-hydrogen) atoms. The second kappa shape index (κ2) is 4.53. The van der Waals surface area contributed by atoms with E-state index in [1.54, 1.807) is 37.4 Å². The maximum absolute atomic E-state index is 12.9. The number of carbonyl (C=O) groups is 2. The highest BCUT2D eigenvalue weighted by atomic mass is 16.5. The third-order valence-electron chi connectivity index (χ3n) is 4.12. The molecular formula is C19H12O3. The van der Waals surface area contributed by atoms with Gasteiger partial charge in [-0.15, -0.1) is 0 Å². The van der Waals surface area contributed by atoms with E-state index in [0.29, 0.717) is 28.0 Å². The lowest BCUT2D eigenvalue weighted by molar-refractivity contribution is 0.0980. The second-order valence-electron chi connectivity index (χ2n) is 5.28. The molecule has 0 aliphatic heterocycles. The summed E-state index contributed by atoms with van der Waals surface area (Å²) in [5, 5.41) is 1.67. The van der Waals surface area contributed by atoms with E-state index in [9.17, 15) is 9.59 Å². The van der Waals surface area contributed by atoms with Gasteiger partial charge < -0.3 is 4.74 Å². The van der Waals surface area contributed by atoms with Crippen LogP contribution in [-0.2, 0) is 0 Å². The van der Waals surface area contributed by atoms with Crippen molar-refractivity contribution in [3.05, 3.63) is 76.9 Å². The summed E-state index contributed by atoms with van der Waals surface area (Å²) >= 11 is 0. The van der Waals surface area contributed by atoms with Crippen molar-refractivity contribution in [3.8, 4) is 5.75 Å². The number of carbonyl (C=O) groups excluding carboxylic acids is 2. The van der Waals surface area contributed by atoms with E-state index in [0.717, 1.165) is 10.8 Å². The van der Waals surface area contributed by atoms with Crippen LogP contribution in [0.5, 0.6) is 5.75 Å². The zero-order valence-corrected chi connectivity index (χ0v) is 11.9. The van der Waals surface area contributed by atoms with Gasteiger partial charge in [0, 0.05) is 22.3 Å². The van der Waals surface area contributed by atoms with Gasteiger partial charge in [0.25, 0.3) is 0 Å². The van der Waals surface area contributed by atoms with Crippen molar-refractivity contribution >= 4 is 22.3 Å². The van der Waals surface area contributed by atoms with Gasteiger partial charge in [-0.1, -0.05) is 36.4 Å². The standard InChI is InChI=1S/C19H12O3/c1-22-12-8-6-11-7-9-15-17(16(11)10-12)19(21)14-5-3-2-4-13(14)18(15)20/h2-10H,1H3. The largest absolute Gasteiger partial charge is 0.497 e. The van der Waals surface area contributed by atoms with Crippen LogP contribution in [0, 0.1) is 0 Å². The molecule has 0 atom stereocenters.